The topological polar surface area (TPSA) is 70.6 Å². The van der Waals surface area contributed by atoms with Crippen molar-refractivity contribution in [2.75, 3.05) is 50.1 Å². The van der Waals surface area contributed by atoms with Crippen LogP contribution in [0.5, 0.6) is 5.88 Å². The molecule has 1 aliphatic rings. The molecule has 1 aromatic heterocycles. The Labute approximate surface area is 170 Å². The summed E-state index contributed by atoms with van der Waals surface area (Å²) in [5.41, 5.74) is -1.39. The summed E-state index contributed by atoms with van der Waals surface area (Å²) in [5, 5.41) is 2.15. The molecule has 7 nitrogen and oxygen atoms in total. The van der Waals surface area contributed by atoms with Gasteiger partial charge in [0.05, 0.1) is 42.3 Å². The van der Waals surface area contributed by atoms with Gasteiger partial charge < -0.3 is 15.0 Å². The number of amides is 1. The van der Waals surface area contributed by atoms with Crippen LogP contribution in [0.25, 0.3) is 0 Å². The quantitative estimate of drug-likeness (QED) is 0.788. The average molecular weight is 430 g/mol. The van der Waals surface area contributed by atoms with E-state index in [2.05, 4.69) is 15.3 Å². The van der Waals surface area contributed by atoms with Crippen molar-refractivity contribution in [3.8, 4) is 5.88 Å². The predicted molar refractivity (Wildman–Crippen MR) is 102 cm³/mol. The molecule has 11 heteroatoms. The van der Waals surface area contributed by atoms with Crippen LogP contribution in [0.3, 0.4) is 0 Å². The van der Waals surface area contributed by atoms with E-state index in [0.29, 0.717) is 37.9 Å². The van der Waals surface area contributed by atoms with E-state index in [1.807, 2.05) is 9.80 Å². The smallest absolute Gasteiger partial charge is 0.418 e. The fourth-order valence-electron chi connectivity index (χ4n) is 2.99. The number of methoxy groups -OCH3 is 1. The van der Waals surface area contributed by atoms with E-state index in [1.54, 1.807) is 6.20 Å². The van der Waals surface area contributed by atoms with Crippen LogP contribution in [-0.4, -0.2) is 60.6 Å². The largest absolute Gasteiger partial charge is 0.480 e. The van der Waals surface area contributed by atoms with Crippen molar-refractivity contribution in [2.24, 2.45) is 0 Å². The van der Waals surface area contributed by atoms with Crippen LogP contribution in [0, 0.1) is 0 Å². The summed E-state index contributed by atoms with van der Waals surface area (Å²) in [6, 6.07) is 3.39. The number of carbonyl (C=O) groups is 1. The number of rotatable bonds is 5. The van der Waals surface area contributed by atoms with E-state index in [9.17, 15) is 18.0 Å². The van der Waals surface area contributed by atoms with Crippen molar-refractivity contribution in [2.45, 2.75) is 6.18 Å². The van der Waals surface area contributed by atoms with Crippen molar-refractivity contribution in [3.63, 3.8) is 0 Å². The van der Waals surface area contributed by atoms with E-state index >= 15 is 0 Å². The molecule has 29 heavy (non-hydrogen) atoms. The number of nitrogens with zero attached hydrogens (tertiary/aromatic N) is 4. The molecule has 2 aromatic rings. The van der Waals surface area contributed by atoms with Crippen LogP contribution < -0.4 is 15.0 Å². The lowest BCUT2D eigenvalue weighted by atomic mass is 10.1. The molecule has 0 atom stereocenters. The molecule has 0 aliphatic carbocycles. The van der Waals surface area contributed by atoms with Gasteiger partial charge >= 0.3 is 6.18 Å². The molecule has 1 N–H and O–H groups in total. The first-order valence-electron chi connectivity index (χ1n) is 8.77. The summed E-state index contributed by atoms with van der Waals surface area (Å²) >= 11 is 5.88. The maximum absolute atomic E-state index is 13.1. The zero-order valence-corrected chi connectivity index (χ0v) is 16.3. The number of hydrogen-bond acceptors (Lipinski definition) is 6. The number of anilines is 2. The standard InChI is InChI=1S/C18H19ClF3N5O2/c1-29-16-10-23-9-14(24-16)27-7-5-26(6-8-27)11-15(28)25-17-12(18(20,21)22)3-2-4-13(17)19/h2-4,9-10H,5-8,11H2,1H3,(H,25,28). The summed E-state index contributed by atoms with van der Waals surface area (Å²) in [6.45, 7) is 2.23. The number of piperazine rings is 1. The normalized spacial score (nSPS) is 15.3. The van der Waals surface area contributed by atoms with Gasteiger partial charge in [0, 0.05) is 26.2 Å². The minimum atomic E-state index is -4.61. The van der Waals surface area contributed by atoms with Gasteiger partial charge in [-0.3, -0.25) is 14.7 Å². The van der Waals surface area contributed by atoms with Gasteiger partial charge in [0.15, 0.2) is 5.82 Å². The Hall–Kier alpha value is -2.59. The molecule has 0 unspecified atom stereocenters. The number of halogens is 4. The lowest BCUT2D eigenvalue weighted by Gasteiger charge is -2.34. The minimum Gasteiger partial charge on any atom is -0.480 e. The summed E-state index contributed by atoms with van der Waals surface area (Å²) in [6.07, 6.45) is -1.48. The molecular formula is C18H19ClF3N5O2. The number of carbonyl (C=O) groups excluding carboxylic acids is 1. The fourth-order valence-corrected chi connectivity index (χ4v) is 3.22. The number of benzene rings is 1. The SMILES string of the molecule is COc1cncc(N2CCN(CC(=O)Nc3c(Cl)cccc3C(F)(F)F)CC2)n1. The zero-order valence-electron chi connectivity index (χ0n) is 15.5. The van der Waals surface area contributed by atoms with Gasteiger partial charge in [-0.1, -0.05) is 17.7 Å². The molecular weight excluding hydrogens is 411 g/mol. The Kier molecular flexibility index (Phi) is 6.43. The maximum atomic E-state index is 13.1. The van der Waals surface area contributed by atoms with Crippen LogP contribution in [-0.2, 0) is 11.0 Å². The Bertz CT molecular complexity index is 873. The Morgan fingerprint density at radius 3 is 2.62 bits per heavy atom. The van der Waals surface area contributed by atoms with E-state index in [4.69, 9.17) is 16.3 Å². The van der Waals surface area contributed by atoms with Gasteiger partial charge in [0.2, 0.25) is 11.8 Å². The van der Waals surface area contributed by atoms with Crippen molar-refractivity contribution in [1.82, 2.24) is 14.9 Å². The number of hydrogen-bond donors (Lipinski definition) is 1. The molecule has 0 saturated carbocycles. The van der Waals surface area contributed by atoms with Crippen molar-refractivity contribution >= 4 is 29.0 Å². The van der Waals surface area contributed by atoms with Crippen LogP contribution in [0.1, 0.15) is 5.56 Å². The van der Waals surface area contributed by atoms with E-state index in [1.165, 1.54) is 25.4 Å². The van der Waals surface area contributed by atoms with Crippen molar-refractivity contribution < 1.29 is 22.7 Å². The highest BCUT2D eigenvalue weighted by atomic mass is 35.5. The predicted octanol–water partition coefficient (Wildman–Crippen LogP) is 2.92. The Balaban J connectivity index is 1.58. The molecule has 1 fully saturated rings. The average Bonchev–Trinajstić information content (AvgIpc) is 2.69. The van der Waals surface area contributed by atoms with Gasteiger partial charge in [-0.15, -0.1) is 0 Å². The molecule has 156 valence electrons. The van der Waals surface area contributed by atoms with Gasteiger partial charge in [-0.25, -0.2) is 0 Å². The van der Waals surface area contributed by atoms with Crippen molar-refractivity contribution in [1.29, 1.82) is 0 Å². The van der Waals surface area contributed by atoms with Crippen LogP contribution in [0.4, 0.5) is 24.7 Å². The third-order valence-corrected chi connectivity index (χ3v) is 4.77. The summed E-state index contributed by atoms with van der Waals surface area (Å²) in [5.74, 6) is 0.516. The van der Waals surface area contributed by atoms with Gasteiger partial charge in [0.25, 0.3) is 0 Å². The molecule has 1 saturated heterocycles. The van der Waals surface area contributed by atoms with Crippen LogP contribution >= 0.6 is 11.6 Å². The van der Waals surface area contributed by atoms with Gasteiger partial charge in [-0.2, -0.15) is 18.2 Å². The second kappa shape index (κ2) is 8.83. The van der Waals surface area contributed by atoms with Gasteiger partial charge in [0.1, 0.15) is 0 Å². The van der Waals surface area contributed by atoms with Gasteiger partial charge in [-0.05, 0) is 12.1 Å². The maximum Gasteiger partial charge on any atom is 0.418 e. The first-order chi connectivity index (χ1) is 13.8. The number of nitrogens with one attached hydrogen (secondary N) is 1. The fraction of sp³-hybridized carbons (Fsp3) is 0.389. The third kappa shape index (κ3) is 5.27. The zero-order chi connectivity index (χ0) is 21.0. The highest BCUT2D eigenvalue weighted by Crippen LogP contribution is 2.38. The highest BCUT2D eigenvalue weighted by Gasteiger charge is 2.35. The summed E-state index contributed by atoms with van der Waals surface area (Å²) in [7, 11) is 1.51. The van der Waals surface area contributed by atoms with Crippen LogP contribution in [0.15, 0.2) is 30.6 Å². The monoisotopic (exact) mass is 429 g/mol. The molecule has 0 bridgehead atoms. The van der Waals surface area contributed by atoms with E-state index in [-0.39, 0.29) is 11.6 Å². The van der Waals surface area contributed by atoms with Crippen LogP contribution in [0.2, 0.25) is 5.02 Å². The lowest BCUT2D eigenvalue weighted by Crippen LogP contribution is -2.49. The Morgan fingerprint density at radius 1 is 1.24 bits per heavy atom. The Morgan fingerprint density at radius 2 is 1.97 bits per heavy atom. The van der Waals surface area contributed by atoms with E-state index < -0.39 is 23.3 Å². The van der Waals surface area contributed by atoms with E-state index in [0.717, 1.165) is 6.07 Å². The summed E-state index contributed by atoms with van der Waals surface area (Å²) in [4.78, 5) is 24.6. The number of para-hydroxylation sites is 1. The molecule has 1 amide bonds. The molecule has 1 aromatic carbocycles. The molecule has 1 aliphatic heterocycles. The number of ether oxygens (including phenoxy) is 1. The molecule has 2 heterocycles. The minimum absolute atomic E-state index is 0.0415. The first-order valence-corrected chi connectivity index (χ1v) is 9.14. The number of aromatic nitrogens is 2. The highest BCUT2D eigenvalue weighted by molar-refractivity contribution is 6.34. The second-order valence-electron chi connectivity index (χ2n) is 6.39. The molecule has 0 radical (unpaired) electrons. The first kappa shape index (κ1) is 21.1. The lowest BCUT2D eigenvalue weighted by molar-refractivity contribution is -0.137. The van der Waals surface area contributed by atoms with Crippen molar-refractivity contribution in [3.05, 3.63) is 41.2 Å². The molecule has 0 spiro atoms. The third-order valence-electron chi connectivity index (χ3n) is 4.46. The second-order valence-corrected chi connectivity index (χ2v) is 6.80. The molecule has 3 rings (SSSR count). The summed E-state index contributed by atoms with van der Waals surface area (Å²) < 4.78 is 44.5. The number of alkyl halides is 3.